The van der Waals surface area contributed by atoms with E-state index >= 15 is 0 Å². The number of fused-ring (bicyclic) bond motifs is 8. The number of furan rings is 1. The Balaban J connectivity index is 1.14. The second-order valence-corrected chi connectivity index (χ2v) is 12.1. The third-order valence-electron chi connectivity index (χ3n) is 9.39. The Labute approximate surface area is 272 Å². The monoisotopic (exact) mass is 603 g/mol. The van der Waals surface area contributed by atoms with E-state index in [2.05, 4.69) is 126 Å². The molecule has 2 aliphatic rings. The molecule has 3 heterocycles. The highest BCUT2D eigenvalue weighted by Gasteiger charge is 2.41. The summed E-state index contributed by atoms with van der Waals surface area (Å²) in [6.07, 6.45) is 0. The molecule has 4 nitrogen and oxygen atoms in total. The van der Waals surface area contributed by atoms with Gasteiger partial charge < -0.3 is 18.8 Å². The lowest BCUT2D eigenvalue weighted by atomic mass is 9.35. The number of para-hydroxylation sites is 3. The van der Waals surface area contributed by atoms with E-state index in [9.17, 15) is 0 Å². The zero-order chi connectivity index (χ0) is 30.9. The van der Waals surface area contributed by atoms with Crippen LogP contribution in [0.2, 0.25) is 0 Å². The van der Waals surface area contributed by atoms with Crippen molar-refractivity contribution in [2.24, 2.45) is 0 Å². The van der Waals surface area contributed by atoms with Gasteiger partial charge in [-0.2, -0.15) is 0 Å². The van der Waals surface area contributed by atoms with E-state index in [1.54, 1.807) is 0 Å². The summed E-state index contributed by atoms with van der Waals surface area (Å²) in [4.78, 5) is 2.26. The second kappa shape index (κ2) is 10.2. The molecule has 5 heteroatoms. The van der Waals surface area contributed by atoms with E-state index in [-0.39, 0.29) is 6.71 Å². The third kappa shape index (κ3) is 4.03. The third-order valence-corrected chi connectivity index (χ3v) is 9.39. The predicted molar refractivity (Wildman–Crippen MR) is 192 cm³/mol. The Morgan fingerprint density at radius 3 is 1.79 bits per heavy atom. The molecule has 0 unspecified atom stereocenters. The Hall–Kier alpha value is -6.20. The Kier molecular flexibility index (Phi) is 5.63. The average Bonchev–Trinajstić information content (AvgIpc) is 3.50. The van der Waals surface area contributed by atoms with Gasteiger partial charge in [-0.05, 0) is 76.6 Å². The first-order chi connectivity index (χ1) is 23.3. The maximum absolute atomic E-state index is 6.76. The van der Waals surface area contributed by atoms with Crippen LogP contribution < -0.4 is 30.8 Å². The van der Waals surface area contributed by atoms with Crippen molar-refractivity contribution in [1.82, 2.24) is 0 Å². The number of ether oxygens (including phenoxy) is 2. The highest BCUT2D eigenvalue weighted by molar-refractivity contribution is 6.98. The Bertz CT molecular complexity index is 2460. The van der Waals surface area contributed by atoms with Crippen molar-refractivity contribution in [3.05, 3.63) is 158 Å². The molecule has 0 fully saturated rings. The van der Waals surface area contributed by atoms with Crippen molar-refractivity contribution in [2.75, 3.05) is 4.90 Å². The fourth-order valence-corrected chi connectivity index (χ4v) is 7.25. The maximum atomic E-state index is 6.76. The molecule has 0 bridgehead atoms. The summed E-state index contributed by atoms with van der Waals surface area (Å²) < 4.78 is 20.0. The number of anilines is 3. The second-order valence-electron chi connectivity index (χ2n) is 12.1. The number of rotatable bonds is 4. The molecular formula is C42H26BNO3. The van der Waals surface area contributed by atoms with Crippen LogP contribution in [0.25, 0.3) is 33.1 Å². The van der Waals surface area contributed by atoms with E-state index in [1.165, 1.54) is 11.1 Å². The minimum Gasteiger partial charge on any atom is -0.458 e. The highest BCUT2D eigenvalue weighted by atomic mass is 16.5. The predicted octanol–water partition coefficient (Wildman–Crippen LogP) is 9.45. The smallest absolute Gasteiger partial charge is 0.260 e. The molecule has 220 valence electrons. The fourth-order valence-electron chi connectivity index (χ4n) is 7.25. The zero-order valence-corrected chi connectivity index (χ0v) is 25.3. The van der Waals surface area contributed by atoms with E-state index in [0.29, 0.717) is 0 Å². The van der Waals surface area contributed by atoms with Crippen LogP contribution in [0.4, 0.5) is 17.1 Å². The summed E-state index contributed by atoms with van der Waals surface area (Å²) in [5.74, 6) is 3.25. The van der Waals surface area contributed by atoms with Gasteiger partial charge in [0.15, 0.2) is 11.3 Å². The zero-order valence-electron chi connectivity index (χ0n) is 25.3. The molecule has 0 N–H and O–H groups in total. The van der Waals surface area contributed by atoms with Gasteiger partial charge in [0, 0.05) is 39.4 Å². The fraction of sp³-hybridized carbons (Fsp3) is 0. The molecule has 1 aromatic heterocycles. The van der Waals surface area contributed by atoms with Gasteiger partial charge in [0.2, 0.25) is 0 Å². The van der Waals surface area contributed by atoms with Gasteiger partial charge in [0.25, 0.3) is 6.71 Å². The quantitative estimate of drug-likeness (QED) is 0.188. The number of hydrogen-bond acceptors (Lipinski definition) is 4. The van der Waals surface area contributed by atoms with Crippen molar-refractivity contribution in [2.45, 2.75) is 0 Å². The average molecular weight is 603 g/mol. The lowest BCUT2D eigenvalue weighted by Crippen LogP contribution is -2.57. The van der Waals surface area contributed by atoms with Crippen LogP contribution in [-0.4, -0.2) is 6.71 Å². The molecule has 10 rings (SSSR count). The van der Waals surface area contributed by atoms with Gasteiger partial charge >= 0.3 is 0 Å². The molecule has 0 saturated carbocycles. The van der Waals surface area contributed by atoms with Crippen molar-refractivity contribution < 1.29 is 13.9 Å². The molecule has 8 aromatic rings. The summed E-state index contributed by atoms with van der Waals surface area (Å²) >= 11 is 0. The van der Waals surface area contributed by atoms with E-state index in [0.717, 1.165) is 78.4 Å². The topological polar surface area (TPSA) is 34.8 Å². The standard InChI is InChI=1S/C42H26BNO3/c1-3-11-27(12-4-1)28-19-21-30(22-20-28)44(29-13-5-2-6-14-29)31-23-24-32-33-26-39-40-42(41(33)47-38(32)25-31)46-37-18-10-8-16-35(37)43(40)34-15-7-9-17-36(34)45-39/h1-26H. The SMILES string of the molecule is c1ccc(-c2ccc(N(c3ccccc3)c3ccc4c(c3)oc3c5c6c(cc34)Oc3ccccc3B6c3ccccc3O5)cc2)cc1. The molecule has 2 aliphatic heterocycles. The first kappa shape index (κ1) is 26.1. The number of nitrogens with zero attached hydrogens (tertiary/aromatic N) is 1. The van der Waals surface area contributed by atoms with Gasteiger partial charge in [-0.1, -0.05) is 97.1 Å². The van der Waals surface area contributed by atoms with E-state index in [1.807, 2.05) is 36.4 Å². The summed E-state index contributed by atoms with van der Waals surface area (Å²) in [6, 6.07) is 54.7. The molecular weight excluding hydrogens is 577 g/mol. The van der Waals surface area contributed by atoms with Crippen LogP contribution in [-0.2, 0) is 0 Å². The van der Waals surface area contributed by atoms with Crippen molar-refractivity contribution in [1.29, 1.82) is 0 Å². The molecule has 0 aliphatic carbocycles. The first-order valence-electron chi connectivity index (χ1n) is 15.9. The summed E-state index contributed by atoms with van der Waals surface area (Å²) in [5.41, 5.74) is 10.3. The van der Waals surface area contributed by atoms with E-state index < -0.39 is 0 Å². The summed E-state index contributed by atoms with van der Waals surface area (Å²) in [5, 5.41) is 1.98. The Morgan fingerprint density at radius 2 is 1.04 bits per heavy atom. The summed E-state index contributed by atoms with van der Waals surface area (Å²) in [7, 11) is 0. The molecule has 0 radical (unpaired) electrons. The van der Waals surface area contributed by atoms with Crippen LogP contribution in [0, 0.1) is 0 Å². The van der Waals surface area contributed by atoms with Gasteiger partial charge in [-0.15, -0.1) is 0 Å². The normalized spacial score (nSPS) is 12.6. The number of benzene rings is 7. The van der Waals surface area contributed by atoms with Gasteiger partial charge in [-0.3, -0.25) is 0 Å². The molecule has 47 heavy (non-hydrogen) atoms. The minimum atomic E-state index is -0.00416. The maximum Gasteiger partial charge on any atom is 0.260 e. The van der Waals surface area contributed by atoms with Gasteiger partial charge in [0.1, 0.15) is 22.8 Å². The van der Waals surface area contributed by atoms with Crippen molar-refractivity contribution >= 4 is 62.1 Å². The minimum absolute atomic E-state index is 0.00416. The van der Waals surface area contributed by atoms with Crippen molar-refractivity contribution in [3.8, 4) is 34.1 Å². The number of hydrogen-bond donors (Lipinski definition) is 0. The molecule has 0 spiro atoms. The van der Waals surface area contributed by atoms with Crippen LogP contribution in [0.1, 0.15) is 0 Å². The highest BCUT2D eigenvalue weighted by Crippen LogP contribution is 2.45. The largest absolute Gasteiger partial charge is 0.458 e. The van der Waals surface area contributed by atoms with Gasteiger partial charge in [-0.25, -0.2) is 0 Å². The Morgan fingerprint density at radius 1 is 0.447 bits per heavy atom. The lowest BCUT2D eigenvalue weighted by molar-refractivity contribution is 0.462. The van der Waals surface area contributed by atoms with Gasteiger partial charge in [0.05, 0.1) is 0 Å². The first-order valence-corrected chi connectivity index (χ1v) is 15.9. The molecule has 0 saturated heterocycles. The summed E-state index contributed by atoms with van der Waals surface area (Å²) in [6.45, 7) is -0.00416. The van der Waals surface area contributed by atoms with Crippen LogP contribution in [0.3, 0.4) is 0 Å². The van der Waals surface area contributed by atoms with Crippen molar-refractivity contribution in [3.63, 3.8) is 0 Å². The molecule has 0 amide bonds. The van der Waals surface area contributed by atoms with E-state index in [4.69, 9.17) is 13.9 Å². The van der Waals surface area contributed by atoms with Crippen LogP contribution >= 0.6 is 0 Å². The molecule has 0 atom stereocenters. The van der Waals surface area contributed by atoms with Crippen LogP contribution in [0.15, 0.2) is 162 Å². The molecule has 7 aromatic carbocycles. The lowest BCUT2D eigenvalue weighted by Gasteiger charge is -2.32. The van der Waals surface area contributed by atoms with Crippen LogP contribution in [0.5, 0.6) is 23.0 Å².